The van der Waals surface area contributed by atoms with Crippen LogP contribution < -0.4 is 9.81 Å². The summed E-state index contributed by atoms with van der Waals surface area (Å²) in [5, 5.41) is 6.20. The molecule has 0 unspecified atom stereocenters. The van der Waals surface area contributed by atoms with E-state index in [4.69, 9.17) is 27.4 Å². The van der Waals surface area contributed by atoms with E-state index in [9.17, 15) is 0 Å². The van der Waals surface area contributed by atoms with Crippen molar-refractivity contribution in [2.75, 3.05) is 0 Å². The van der Waals surface area contributed by atoms with Crippen molar-refractivity contribution < 1.29 is 18.3 Å². The molecule has 0 heterocycles. The second-order valence-corrected chi connectivity index (χ2v) is 35.1. The van der Waals surface area contributed by atoms with Crippen LogP contribution in [0.1, 0.15) is 123 Å². The normalized spacial score (nSPS) is 14.5. The van der Waals surface area contributed by atoms with Crippen molar-refractivity contribution in [1.82, 2.24) is 0 Å². The fourth-order valence-electron chi connectivity index (χ4n) is 10.8. The van der Waals surface area contributed by atoms with Crippen molar-refractivity contribution in [3.8, 4) is 11.1 Å². The van der Waals surface area contributed by atoms with Gasteiger partial charge in [-0.25, -0.2) is 0 Å². The first-order valence-corrected chi connectivity index (χ1v) is 28.5. The number of halogens is 4. The molecule has 0 aliphatic heterocycles. The molecule has 5 heteroatoms. The van der Waals surface area contributed by atoms with Crippen molar-refractivity contribution in [2.45, 2.75) is 118 Å². The van der Waals surface area contributed by atoms with Gasteiger partial charge in [0.15, 0.2) is 0 Å². The number of benzene rings is 6. The van der Waals surface area contributed by atoms with Crippen molar-refractivity contribution in [3.05, 3.63) is 156 Å². The van der Waals surface area contributed by atoms with Gasteiger partial charge in [-0.3, -0.25) is 0 Å². The van der Waals surface area contributed by atoms with Crippen LogP contribution in [-0.2, 0) is 46.4 Å². The topological polar surface area (TPSA) is 0 Å². The molecule has 2 aliphatic rings. The van der Waals surface area contributed by atoms with Gasteiger partial charge in [-0.15, -0.1) is 24.8 Å². The van der Waals surface area contributed by atoms with Crippen LogP contribution in [-0.4, -0.2) is 4.21 Å². The maximum atomic E-state index is 7.41. The van der Waals surface area contributed by atoms with E-state index in [-0.39, 0.29) is 46.5 Å². The Kier molecular flexibility index (Phi) is 12.1. The van der Waals surface area contributed by atoms with Gasteiger partial charge in [-0.2, -0.15) is 0 Å². The minimum absolute atomic E-state index is 0. The summed E-state index contributed by atoms with van der Waals surface area (Å²) in [5.74, 6) is 0. The van der Waals surface area contributed by atoms with Crippen LogP contribution in [0.4, 0.5) is 0 Å². The first kappa shape index (κ1) is 46.7. The molecule has 6 aromatic carbocycles. The van der Waals surface area contributed by atoms with Crippen LogP contribution in [0.5, 0.6) is 0 Å². The molecule has 0 nitrogen and oxygen atoms in total. The maximum absolute atomic E-state index is 7.41. The van der Waals surface area contributed by atoms with Gasteiger partial charge in [0.25, 0.3) is 0 Å². The van der Waals surface area contributed by atoms with Gasteiger partial charge in [-0.05, 0) is 0 Å². The molecule has 6 aromatic rings. The standard InChI is InChI=1S/C29H41.2C10H6Cl.C5H5.CH2.2ClH.Zr/c1-26(2,3)22-14-18-13-19-15-23(27(4,5)6)25(29(10,11)12)17-21(19)20(18)16-24(22)28(7,8)9;2*11-10-6-5-8-3-1-2-4-9(8)7-10;1-2-4-5-3-1;;;;/h14,16-17H,13H2,1-12H3;2*1-4,6-7H;1-3H,4H2;1H2;2*1H;. The number of rotatable bonds is 4. The molecule has 314 valence electrons. The van der Waals surface area contributed by atoms with E-state index in [1.165, 1.54) is 68.4 Å². The zero-order valence-corrected chi connectivity index (χ0v) is 43.2. The SMILES string of the molecule is Cl.Cl.[CH2]=[Zr]([C]1=CC=CC1)([c]1c2c(cc(C(C)(C)C)c1C(C)(C)C)-c1cc(C(C)(C)C)c(C(C)(C)C)cc1C2)([c]1cc(Cl)cc2ccccc12)[c]1cc(Cl)cc2ccccc12. The summed E-state index contributed by atoms with van der Waals surface area (Å²) in [6.07, 6.45) is 8.72. The number of hydrogen-bond acceptors (Lipinski definition) is 0. The Morgan fingerprint density at radius 1 is 0.550 bits per heavy atom. The molecular formula is C55H62Cl4Zr. The fourth-order valence-corrected chi connectivity index (χ4v) is 30.0. The van der Waals surface area contributed by atoms with Crippen molar-refractivity contribution in [1.29, 1.82) is 0 Å². The molecule has 0 saturated carbocycles. The quantitative estimate of drug-likeness (QED) is 0.165. The first-order valence-electron chi connectivity index (χ1n) is 21.1. The number of fused-ring (bicyclic) bond motifs is 5. The summed E-state index contributed by atoms with van der Waals surface area (Å²) in [6.45, 7) is 28.7. The van der Waals surface area contributed by atoms with Crippen LogP contribution in [0.2, 0.25) is 10.0 Å². The molecule has 0 radical (unpaired) electrons. The van der Waals surface area contributed by atoms with Crippen LogP contribution in [0.15, 0.2) is 113 Å². The van der Waals surface area contributed by atoms with Crippen LogP contribution >= 0.6 is 48.0 Å². The molecule has 8 rings (SSSR count). The number of allylic oxidation sites excluding steroid dienone is 4. The average Bonchev–Trinajstić information content (AvgIpc) is 3.80. The summed E-state index contributed by atoms with van der Waals surface area (Å²) in [5.41, 5.74) is 10.8. The molecule has 2 aliphatic carbocycles. The molecule has 0 amide bonds. The summed E-state index contributed by atoms with van der Waals surface area (Å²) in [6, 6.07) is 34.4. The van der Waals surface area contributed by atoms with Gasteiger partial charge in [0.05, 0.1) is 0 Å². The van der Waals surface area contributed by atoms with Crippen molar-refractivity contribution >= 4 is 83.6 Å². The Hall–Kier alpha value is -2.77. The second kappa shape index (κ2) is 15.5. The van der Waals surface area contributed by atoms with Crippen LogP contribution in [0.3, 0.4) is 0 Å². The fraction of sp³-hybridized carbons (Fsp3) is 0.327. The van der Waals surface area contributed by atoms with E-state index in [1.807, 2.05) is 0 Å². The van der Waals surface area contributed by atoms with Gasteiger partial charge >= 0.3 is 362 Å². The zero-order valence-electron chi connectivity index (χ0n) is 37.6. The van der Waals surface area contributed by atoms with E-state index in [2.05, 4.69) is 192 Å². The Morgan fingerprint density at radius 2 is 1.02 bits per heavy atom. The third-order valence-corrected chi connectivity index (χ3v) is 30.2. The summed E-state index contributed by atoms with van der Waals surface area (Å²) < 4.78 is 11.6. The van der Waals surface area contributed by atoms with Gasteiger partial charge in [0.2, 0.25) is 0 Å². The molecule has 0 aromatic heterocycles. The first-order chi connectivity index (χ1) is 26.9. The van der Waals surface area contributed by atoms with E-state index in [0.29, 0.717) is 0 Å². The summed E-state index contributed by atoms with van der Waals surface area (Å²) in [4.78, 5) is 0. The summed E-state index contributed by atoms with van der Waals surface area (Å²) in [7, 11) is 0. The molecule has 0 N–H and O–H groups in total. The van der Waals surface area contributed by atoms with Gasteiger partial charge < -0.3 is 0 Å². The van der Waals surface area contributed by atoms with Crippen molar-refractivity contribution in [3.63, 3.8) is 0 Å². The Morgan fingerprint density at radius 3 is 1.47 bits per heavy atom. The zero-order chi connectivity index (χ0) is 42.0. The molecule has 0 saturated heterocycles. The monoisotopic (exact) mass is 952 g/mol. The Balaban J connectivity index is 0.00000302. The minimum atomic E-state index is -5.66. The Labute approximate surface area is 383 Å². The number of hydrogen-bond donors (Lipinski definition) is 0. The van der Waals surface area contributed by atoms with Gasteiger partial charge in [-0.1, -0.05) is 0 Å². The van der Waals surface area contributed by atoms with E-state index in [1.54, 1.807) is 0 Å². The van der Waals surface area contributed by atoms with E-state index >= 15 is 0 Å². The third-order valence-electron chi connectivity index (χ3n) is 13.4. The molecule has 0 fully saturated rings. The second-order valence-electron chi connectivity index (χ2n) is 21.6. The third kappa shape index (κ3) is 7.20. The van der Waals surface area contributed by atoms with Crippen LogP contribution in [0, 0.1) is 0 Å². The molecule has 0 spiro atoms. The van der Waals surface area contributed by atoms with Gasteiger partial charge in [0.1, 0.15) is 0 Å². The summed E-state index contributed by atoms with van der Waals surface area (Å²) >= 11 is 9.16. The average molecular weight is 956 g/mol. The van der Waals surface area contributed by atoms with Crippen molar-refractivity contribution in [2.24, 2.45) is 0 Å². The predicted octanol–water partition coefficient (Wildman–Crippen LogP) is 15.1. The van der Waals surface area contributed by atoms with Gasteiger partial charge in [0, 0.05) is 0 Å². The predicted molar refractivity (Wildman–Crippen MR) is 270 cm³/mol. The molecule has 0 atom stereocenters. The van der Waals surface area contributed by atoms with Crippen LogP contribution in [0.25, 0.3) is 32.7 Å². The Bertz CT molecular complexity index is 2750. The molecular weight excluding hydrogens is 894 g/mol. The molecule has 0 bridgehead atoms. The molecule has 60 heavy (non-hydrogen) atoms. The van der Waals surface area contributed by atoms with E-state index in [0.717, 1.165) is 33.7 Å². The van der Waals surface area contributed by atoms with E-state index < -0.39 is 18.3 Å².